The summed E-state index contributed by atoms with van der Waals surface area (Å²) in [6, 6.07) is 11.2. The predicted octanol–water partition coefficient (Wildman–Crippen LogP) is 4.69. The Bertz CT molecular complexity index is 1860. The van der Waals surface area contributed by atoms with E-state index < -0.39 is 65.4 Å². The van der Waals surface area contributed by atoms with Crippen molar-refractivity contribution >= 4 is 40.3 Å². The van der Waals surface area contributed by atoms with Gasteiger partial charge in [0.05, 0.1) is 49.4 Å². The number of methoxy groups -OCH3 is 1. The van der Waals surface area contributed by atoms with Crippen LogP contribution < -0.4 is 4.74 Å². The zero-order chi connectivity index (χ0) is 42.6. The molecule has 57 heavy (non-hydrogen) atoms. The molecule has 13 nitrogen and oxygen atoms in total. The first-order chi connectivity index (χ1) is 26.7. The van der Waals surface area contributed by atoms with Gasteiger partial charge < -0.3 is 39.7 Å². The van der Waals surface area contributed by atoms with E-state index in [0.29, 0.717) is 58.0 Å². The lowest BCUT2D eigenvalue weighted by molar-refractivity contribution is -0.194. The second kappa shape index (κ2) is 19.0. The minimum Gasteiger partial charge on any atom is -0.497 e. The van der Waals surface area contributed by atoms with E-state index in [1.807, 2.05) is 11.8 Å². The third-order valence-corrected chi connectivity index (χ3v) is 12.0. The molecule has 3 aromatic rings. The van der Waals surface area contributed by atoms with Crippen molar-refractivity contribution in [1.29, 1.82) is 0 Å². The number of benzene rings is 2. The quantitative estimate of drug-likeness (QED) is 0.148. The fraction of sp³-hybridized carbons (Fsp3) is 0.605. The molecule has 0 radical (unpaired) electrons. The fourth-order valence-electron chi connectivity index (χ4n) is 8.29. The molecule has 1 aromatic heterocycles. The van der Waals surface area contributed by atoms with Crippen LogP contribution in [0.2, 0.25) is 5.02 Å². The van der Waals surface area contributed by atoms with E-state index >= 15 is 0 Å². The number of carbonyl (C=O) groups is 3. The molecule has 0 bridgehead atoms. The molecule has 5 N–H and O–H groups in total. The average Bonchev–Trinajstić information content (AvgIpc) is 3.44. The van der Waals surface area contributed by atoms with Crippen molar-refractivity contribution in [3.63, 3.8) is 0 Å². The van der Waals surface area contributed by atoms with Crippen molar-refractivity contribution in [3.05, 3.63) is 64.3 Å². The van der Waals surface area contributed by atoms with Gasteiger partial charge in [-0.05, 0) is 108 Å². The SMILES string of the molecule is CC[C@H]1OC(=O)[C@H](C)[C@@H](O)[C@H](C)[C@@H](O)[C@](C)(O)C[C@@H](C)CN(CCCOC(=O)Cc2c(C)n(C(=O)c3ccc(Cl)cc3)c3ccc(OC)cc23)[C@H](C)[C@@H](O)[C@]1(C)O. The molecule has 2 aromatic carbocycles. The summed E-state index contributed by atoms with van der Waals surface area (Å²) in [5, 5.41) is 58.2. The van der Waals surface area contributed by atoms with Crippen LogP contribution in [0.4, 0.5) is 0 Å². The molecule has 14 heteroatoms. The highest BCUT2D eigenvalue weighted by Crippen LogP contribution is 2.34. The molecule has 1 saturated heterocycles. The van der Waals surface area contributed by atoms with Crippen molar-refractivity contribution in [2.45, 2.75) is 123 Å². The third kappa shape index (κ3) is 10.4. The topological polar surface area (TPSA) is 188 Å². The minimum absolute atomic E-state index is 0.0204. The van der Waals surface area contributed by atoms with E-state index in [1.165, 1.54) is 27.9 Å². The summed E-state index contributed by atoms with van der Waals surface area (Å²) < 4.78 is 18.4. The predicted molar refractivity (Wildman–Crippen MR) is 216 cm³/mol. The van der Waals surface area contributed by atoms with Gasteiger partial charge in [-0.15, -0.1) is 0 Å². The molecule has 0 aliphatic carbocycles. The number of esters is 2. The van der Waals surface area contributed by atoms with Crippen LogP contribution in [0.3, 0.4) is 0 Å². The molecule has 0 unspecified atom stereocenters. The maximum Gasteiger partial charge on any atom is 0.311 e. The molecule has 0 saturated carbocycles. The number of halogens is 1. The highest BCUT2D eigenvalue weighted by atomic mass is 35.5. The summed E-state index contributed by atoms with van der Waals surface area (Å²) >= 11 is 6.06. The lowest BCUT2D eigenvalue weighted by Gasteiger charge is -2.43. The van der Waals surface area contributed by atoms with E-state index in [0.717, 1.165) is 0 Å². The van der Waals surface area contributed by atoms with Gasteiger partial charge in [0, 0.05) is 46.7 Å². The van der Waals surface area contributed by atoms with Gasteiger partial charge in [-0.3, -0.25) is 23.9 Å². The van der Waals surface area contributed by atoms with E-state index in [-0.39, 0.29) is 37.7 Å². The Morgan fingerprint density at radius 3 is 2.26 bits per heavy atom. The van der Waals surface area contributed by atoms with Crippen LogP contribution >= 0.6 is 11.6 Å². The number of fused-ring (bicyclic) bond motifs is 1. The van der Waals surface area contributed by atoms with E-state index in [1.54, 1.807) is 74.7 Å². The van der Waals surface area contributed by atoms with Crippen LogP contribution in [0.5, 0.6) is 5.75 Å². The van der Waals surface area contributed by atoms with Gasteiger partial charge in [-0.2, -0.15) is 0 Å². The molecule has 4 rings (SSSR count). The van der Waals surface area contributed by atoms with Gasteiger partial charge in [0.25, 0.3) is 5.91 Å². The van der Waals surface area contributed by atoms with Crippen LogP contribution in [0, 0.1) is 24.7 Å². The average molecular weight is 817 g/mol. The number of aromatic nitrogens is 1. The molecular formula is C43H61ClN2O11. The van der Waals surface area contributed by atoms with E-state index in [9.17, 15) is 39.9 Å². The highest BCUT2D eigenvalue weighted by molar-refractivity contribution is 6.30. The second-order valence-corrected chi connectivity index (χ2v) is 16.8. The highest BCUT2D eigenvalue weighted by Gasteiger charge is 2.47. The molecule has 0 spiro atoms. The van der Waals surface area contributed by atoms with Gasteiger partial charge in [0.15, 0.2) is 0 Å². The van der Waals surface area contributed by atoms with Crippen LogP contribution in [0.1, 0.15) is 89.3 Å². The van der Waals surface area contributed by atoms with Crippen LogP contribution in [-0.4, -0.2) is 121 Å². The van der Waals surface area contributed by atoms with Gasteiger partial charge in [0.2, 0.25) is 0 Å². The summed E-state index contributed by atoms with van der Waals surface area (Å²) in [5.41, 5.74) is -1.31. The molecule has 316 valence electrons. The van der Waals surface area contributed by atoms with E-state index in [2.05, 4.69) is 0 Å². The molecular weight excluding hydrogens is 756 g/mol. The lowest BCUT2D eigenvalue weighted by Crippen LogP contribution is -2.59. The molecule has 2 heterocycles. The Kier molecular flexibility index (Phi) is 15.4. The van der Waals surface area contributed by atoms with Crippen molar-refractivity contribution in [2.75, 3.05) is 26.8 Å². The Balaban J connectivity index is 1.54. The molecule has 1 aliphatic heterocycles. The van der Waals surface area contributed by atoms with Crippen LogP contribution in [-0.2, 0) is 25.5 Å². The normalized spacial score (nSPS) is 31.0. The third-order valence-electron chi connectivity index (χ3n) is 11.8. The Labute approximate surface area is 340 Å². The number of ether oxygens (including phenoxy) is 3. The van der Waals surface area contributed by atoms with E-state index in [4.69, 9.17) is 25.8 Å². The van der Waals surface area contributed by atoms with Crippen molar-refractivity contribution in [1.82, 2.24) is 9.47 Å². The second-order valence-electron chi connectivity index (χ2n) is 16.3. The fourth-order valence-corrected chi connectivity index (χ4v) is 8.41. The summed E-state index contributed by atoms with van der Waals surface area (Å²) in [6.45, 7) is 13.7. The number of carbonyl (C=O) groups excluding carboxylic acids is 3. The zero-order valence-corrected chi connectivity index (χ0v) is 35.3. The van der Waals surface area contributed by atoms with Crippen molar-refractivity contribution in [2.24, 2.45) is 17.8 Å². The van der Waals surface area contributed by atoms with Crippen LogP contribution in [0.15, 0.2) is 42.5 Å². The first-order valence-electron chi connectivity index (χ1n) is 19.7. The maximum atomic E-state index is 13.7. The van der Waals surface area contributed by atoms with Gasteiger partial charge >= 0.3 is 11.9 Å². The summed E-state index contributed by atoms with van der Waals surface area (Å²) in [6.07, 6.45) is -4.76. The standard InChI is InChI=1S/C43H61ClN2O11/c1-10-35-43(8,54)39(50)28(6)45(23-24(2)22-42(7,53)38(49)25(3)37(48)26(4)41(52)57-35)18-11-19-56-36(47)21-32-27(5)46(34-17-16-31(55-9)20-33(32)34)40(51)29-12-14-30(44)15-13-29/h12-17,20,24-26,28,35,37-39,48-50,53-54H,10-11,18-19,21-23H2,1-9H3/t24-,25+,26-,28-,35-,37+,38-,39-,42-,43-/m1/s1. The molecule has 0 amide bonds. The summed E-state index contributed by atoms with van der Waals surface area (Å²) in [5.74, 6) is -3.28. The number of cyclic esters (lactones) is 1. The Hall–Kier alpha value is -3.56. The monoisotopic (exact) mass is 816 g/mol. The molecule has 1 fully saturated rings. The molecule has 1 aliphatic rings. The number of hydrogen-bond acceptors (Lipinski definition) is 12. The van der Waals surface area contributed by atoms with Gasteiger partial charge in [-0.1, -0.05) is 32.4 Å². The minimum atomic E-state index is -1.89. The first kappa shape index (κ1) is 46.1. The lowest BCUT2D eigenvalue weighted by atomic mass is 9.78. The zero-order valence-electron chi connectivity index (χ0n) is 34.6. The number of nitrogens with zero attached hydrogens (tertiary/aromatic N) is 2. The maximum absolute atomic E-state index is 13.7. The number of aliphatic hydroxyl groups is 5. The largest absolute Gasteiger partial charge is 0.497 e. The van der Waals surface area contributed by atoms with Gasteiger partial charge in [0.1, 0.15) is 23.6 Å². The van der Waals surface area contributed by atoms with Gasteiger partial charge in [-0.25, -0.2) is 0 Å². The van der Waals surface area contributed by atoms with Crippen LogP contribution in [0.25, 0.3) is 10.9 Å². The smallest absolute Gasteiger partial charge is 0.311 e. The van der Waals surface area contributed by atoms with Crippen molar-refractivity contribution in [3.8, 4) is 5.75 Å². The number of rotatable bonds is 9. The Morgan fingerprint density at radius 2 is 1.65 bits per heavy atom. The summed E-state index contributed by atoms with van der Waals surface area (Å²) in [7, 11) is 1.54. The number of hydrogen-bond donors (Lipinski definition) is 5. The summed E-state index contributed by atoms with van der Waals surface area (Å²) in [4.78, 5) is 42.2. The van der Waals surface area contributed by atoms with Crippen molar-refractivity contribution < 1.29 is 54.1 Å². The number of aliphatic hydroxyl groups excluding tert-OH is 3. The molecule has 10 atom stereocenters. The first-order valence-corrected chi connectivity index (χ1v) is 20.1. The Morgan fingerprint density at radius 1 is 1.00 bits per heavy atom.